The van der Waals surface area contributed by atoms with Gasteiger partial charge in [0.05, 0.1) is 12.1 Å². The summed E-state index contributed by atoms with van der Waals surface area (Å²) in [5.41, 5.74) is 5.43. The van der Waals surface area contributed by atoms with Crippen LogP contribution in [0.5, 0.6) is 0 Å². The van der Waals surface area contributed by atoms with Crippen molar-refractivity contribution in [3.05, 3.63) is 18.5 Å². The van der Waals surface area contributed by atoms with E-state index in [-0.39, 0.29) is 0 Å². The summed E-state index contributed by atoms with van der Waals surface area (Å²) >= 11 is 0. The minimum absolute atomic E-state index is 0.418. The quantitative estimate of drug-likeness (QED) is 0.593. The van der Waals surface area contributed by atoms with E-state index < -0.39 is 5.60 Å². The summed E-state index contributed by atoms with van der Waals surface area (Å²) in [6, 6.07) is 1.82. The number of rotatable bonds is 3. The summed E-state index contributed by atoms with van der Waals surface area (Å²) in [4.78, 5) is 17.1. The number of aliphatic imine (C=N–C) groups is 1. The minimum Gasteiger partial charge on any atom is -0.388 e. The van der Waals surface area contributed by atoms with Crippen molar-refractivity contribution in [2.24, 2.45) is 10.7 Å². The van der Waals surface area contributed by atoms with E-state index in [1.54, 1.807) is 12.4 Å². The smallest absolute Gasteiger partial charge is 0.225 e. The zero-order valence-electron chi connectivity index (χ0n) is 12.1. The Morgan fingerprint density at radius 1 is 1.24 bits per heavy atom. The van der Waals surface area contributed by atoms with Gasteiger partial charge in [0.1, 0.15) is 0 Å². The molecule has 0 unspecified atom stereocenters. The van der Waals surface area contributed by atoms with Crippen molar-refractivity contribution in [2.45, 2.75) is 24.9 Å². The van der Waals surface area contributed by atoms with Crippen LogP contribution < -0.4 is 10.6 Å². The molecule has 2 aliphatic rings. The van der Waals surface area contributed by atoms with Gasteiger partial charge in [-0.15, -0.1) is 0 Å². The van der Waals surface area contributed by atoms with Crippen LogP contribution in [0, 0.1) is 0 Å². The molecule has 1 saturated heterocycles. The van der Waals surface area contributed by atoms with Crippen LogP contribution in [-0.4, -0.2) is 64.3 Å². The number of aliphatic hydroxyl groups is 1. The van der Waals surface area contributed by atoms with Gasteiger partial charge in [0.2, 0.25) is 5.95 Å². The third-order valence-corrected chi connectivity index (χ3v) is 4.26. The van der Waals surface area contributed by atoms with Crippen molar-refractivity contribution in [3.63, 3.8) is 0 Å². The predicted molar refractivity (Wildman–Crippen MR) is 81.1 cm³/mol. The molecular formula is C14H22N6O. The Morgan fingerprint density at radius 2 is 1.90 bits per heavy atom. The van der Waals surface area contributed by atoms with Gasteiger partial charge in [0.25, 0.3) is 0 Å². The summed E-state index contributed by atoms with van der Waals surface area (Å²) in [6.07, 6.45) is 6.27. The molecule has 0 amide bonds. The minimum atomic E-state index is -0.607. The Kier molecular flexibility index (Phi) is 3.92. The van der Waals surface area contributed by atoms with Crippen molar-refractivity contribution in [1.82, 2.24) is 14.9 Å². The third-order valence-electron chi connectivity index (χ3n) is 4.26. The SMILES string of the molecule is NC(=NCC1(O)CCC1)N1CCN(c2ncccn2)CC1. The van der Waals surface area contributed by atoms with Gasteiger partial charge in [-0.05, 0) is 25.3 Å². The fourth-order valence-corrected chi connectivity index (χ4v) is 2.66. The summed E-state index contributed by atoms with van der Waals surface area (Å²) in [7, 11) is 0. The monoisotopic (exact) mass is 290 g/mol. The Balaban J connectivity index is 1.52. The van der Waals surface area contributed by atoms with Crippen LogP contribution in [0.4, 0.5) is 5.95 Å². The first-order valence-corrected chi connectivity index (χ1v) is 7.46. The number of hydrogen-bond donors (Lipinski definition) is 2. The summed E-state index contributed by atoms with van der Waals surface area (Å²) in [5, 5.41) is 10.0. The van der Waals surface area contributed by atoms with Crippen molar-refractivity contribution in [1.29, 1.82) is 0 Å². The van der Waals surface area contributed by atoms with E-state index in [0.29, 0.717) is 12.5 Å². The standard InChI is InChI=1S/C14H22N6O/c15-12(18-11-14(21)3-1-4-14)19-7-9-20(10-8-19)13-16-5-2-6-17-13/h2,5-6,21H,1,3-4,7-11H2,(H2,15,18). The molecule has 0 radical (unpaired) electrons. The van der Waals surface area contributed by atoms with Crippen LogP contribution in [0.3, 0.4) is 0 Å². The van der Waals surface area contributed by atoms with E-state index in [9.17, 15) is 5.11 Å². The highest BCUT2D eigenvalue weighted by Crippen LogP contribution is 2.31. The molecule has 1 saturated carbocycles. The molecule has 7 heteroatoms. The molecule has 7 nitrogen and oxygen atoms in total. The molecule has 2 fully saturated rings. The fraction of sp³-hybridized carbons (Fsp3) is 0.643. The molecule has 0 bridgehead atoms. The van der Waals surface area contributed by atoms with Crippen LogP contribution in [0.25, 0.3) is 0 Å². The number of aromatic nitrogens is 2. The van der Waals surface area contributed by atoms with Crippen molar-refractivity contribution in [2.75, 3.05) is 37.6 Å². The number of nitrogens with two attached hydrogens (primary N) is 1. The number of nitrogens with zero attached hydrogens (tertiary/aromatic N) is 5. The lowest BCUT2D eigenvalue weighted by Crippen LogP contribution is -2.52. The zero-order chi connectivity index (χ0) is 14.7. The van der Waals surface area contributed by atoms with Gasteiger partial charge in [-0.1, -0.05) is 0 Å². The topological polar surface area (TPSA) is 90.9 Å². The highest BCUT2D eigenvalue weighted by molar-refractivity contribution is 5.78. The Morgan fingerprint density at radius 3 is 2.48 bits per heavy atom. The fourth-order valence-electron chi connectivity index (χ4n) is 2.66. The largest absolute Gasteiger partial charge is 0.388 e. The van der Waals surface area contributed by atoms with Crippen LogP contribution in [0.15, 0.2) is 23.5 Å². The van der Waals surface area contributed by atoms with Gasteiger partial charge < -0.3 is 20.6 Å². The predicted octanol–water partition coefficient (Wildman–Crippen LogP) is -0.172. The summed E-state index contributed by atoms with van der Waals surface area (Å²) < 4.78 is 0. The second-order valence-corrected chi connectivity index (χ2v) is 5.78. The number of hydrogen-bond acceptors (Lipinski definition) is 5. The number of anilines is 1. The van der Waals surface area contributed by atoms with Crippen LogP contribution in [0.1, 0.15) is 19.3 Å². The summed E-state index contributed by atoms with van der Waals surface area (Å²) in [6.45, 7) is 3.66. The molecule has 3 N–H and O–H groups in total. The lowest BCUT2D eigenvalue weighted by atomic mass is 9.80. The molecule has 2 heterocycles. The maximum atomic E-state index is 10.0. The second-order valence-electron chi connectivity index (χ2n) is 5.78. The molecule has 3 rings (SSSR count). The van der Waals surface area contributed by atoms with E-state index >= 15 is 0 Å². The lowest BCUT2D eigenvalue weighted by Gasteiger charge is -2.37. The number of guanidine groups is 1. The molecular weight excluding hydrogens is 268 g/mol. The third kappa shape index (κ3) is 3.24. The van der Waals surface area contributed by atoms with Gasteiger partial charge in [-0.25, -0.2) is 9.97 Å². The molecule has 0 spiro atoms. The molecule has 1 aliphatic heterocycles. The van der Waals surface area contributed by atoms with Crippen molar-refractivity contribution >= 4 is 11.9 Å². The van der Waals surface area contributed by atoms with Crippen molar-refractivity contribution < 1.29 is 5.11 Å². The van der Waals surface area contributed by atoms with Crippen LogP contribution in [-0.2, 0) is 0 Å². The maximum Gasteiger partial charge on any atom is 0.225 e. The normalized spacial score (nSPS) is 22.0. The van der Waals surface area contributed by atoms with Crippen LogP contribution >= 0.6 is 0 Å². The average molecular weight is 290 g/mol. The van der Waals surface area contributed by atoms with Gasteiger partial charge in [-0.3, -0.25) is 4.99 Å². The molecule has 21 heavy (non-hydrogen) atoms. The average Bonchev–Trinajstić information content (AvgIpc) is 2.52. The van der Waals surface area contributed by atoms with E-state index in [1.807, 2.05) is 6.07 Å². The van der Waals surface area contributed by atoms with Crippen LogP contribution in [0.2, 0.25) is 0 Å². The Bertz CT molecular complexity index is 493. The molecule has 1 aliphatic carbocycles. The molecule has 0 atom stereocenters. The van der Waals surface area contributed by atoms with Crippen molar-refractivity contribution in [3.8, 4) is 0 Å². The Hall–Kier alpha value is -1.89. The van der Waals surface area contributed by atoms with Gasteiger partial charge in [0, 0.05) is 38.6 Å². The molecule has 1 aromatic heterocycles. The van der Waals surface area contributed by atoms with E-state index in [2.05, 4.69) is 24.8 Å². The lowest BCUT2D eigenvalue weighted by molar-refractivity contribution is -0.0237. The first-order chi connectivity index (χ1) is 10.2. The molecule has 1 aromatic rings. The van der Waals surface area contributed by atoms with Gasteiger partial charge >= 0.3 is 0 Å². The first kappa shape index (κ1) is 14.1. The van der Waals surface area contributed by atoms with Gasteiger partial charge in [0.15, 0.2) is 5.96 Å². The second kappa shape index (κ2) is 5.85. The first-order valence-electron chi connectivity index (χ1n) is 7.46. The molecule has 0 aromatic carbocycles. The van der Waals surface area contributed by atoms with E-state index in [1.165, 1.54) is 0 Å². The highest BCUT2D eigenvalue weighted by atomic mass is 16.3. The maximum absolute atomic E-state index is 10.0. The van der Waals surface area contributed by atoms with E-state index in [0.717, 1.165) is 51.4 Å². The summed E-state index contributed by atoms with van der Waals surface area (Å²) in [5.74, 6) is 1.29. The Labute approximate surface area is 124 Å². The zero-order valence-corrected chi connectivity index (χ0v) is 12.1. The highest BCUT2D eigenvalue weighted by Gasteiger charge is 2.34. The number of piperazine rings is 1. The van der Waals surface area contributed by atoms with Gasteiger partial charge in [-0.2, -0.15) is 0 Å². The van der Waals surface area contributed by atoms with E-state index in [4.69, 9.17) is 5.73 Å². The molecule has 114 valence electrons.